The molecule has 1 rings (SSSR count). The number of ether oxygens (including phenoxy) is 1. The molecule has 0 aliphatic rings. The second-order valence-corrected chi connectivity index (χ2v) is 8.96. The third-order valence-corrected chi connectivity index (χ3v) is 6.27. The molecule has 0 saturated carbocycles. The molecule has 0 radical (unpaired) electrons. The van der Waals surface area contributed by atoms with Gasteiger partial charge in [0.15, 0.2) is 0 Å². The zero-order valence-electron chi connectivity index (χ0n) is 13.0. The molecule has 0 aliphatic heterocycles. The third-order valence-electron chi connectivity index (χ3n) is 3.00. The van der Waals surface area contributed by atoms with Crippen LogP contribution in [0, 0.1) is 0 Å². The van der Waals surface area contributed by atoms with E-state index in [4.69, 9.17) is 16.3 Å². The minimum absolute atomic E-state index is 0.0340. The zero-order chi connectivity index (χ0) is 17.5. The van der Waals surface area contributed by atoms with Crippen LogP contribution in [-0.2, 0) is 24.8 Å². The molecular formula is C13H21ClN2O5S2. The summed E-state index contributed by atoms with van der Waals surface area (Å²) in [6, 6.07) is 6.05. The van der Waals surface area contributed by atoms with Gasteiger partial charge in [0.2, 0.25) is 20.0 Å². The van der Waals surface area contributed by atoms with E-state index in [0.29, 0.717) is 13.0 Å². The Kier molecular flexibility index (Phi) is 7.91. The highest BCUT2D eigenvalue weighted by atomic mass is 35.5. The Morgan fingerprint density at radius 3 is 2.39 bits per heavy atom. The first kappa shape index (κ1) is 20.3. The molecule has 7 nitrogen and oxygen atoms in total. The SMILES string of the molecule is COCCCN(CCNS(=O)(=O)c1ccccc1Cl)S(C)(=O)=O. The Balaban J connectivity index is 2.67. The molecule has 0 amide bonds. The highest BCUT2D eigenvalue weighted by molar-refractivity contribution is 7.89. The first-order valence-electron chi connectivity index (χ1n) is 6.87. The van der Waals surface area contributed by atoms with E-state index in [2.05, 4.69) is 4.72 Å². The van der Waals surface area contributed by atoms with Gasteiger partial charge in [-0.3, -0.25) is 0 Å². The molecule has 10 heteroatoms. The Hall–Kier alpha value is -0.710. The fourth-order valence-electron chi connectivity index (χ4n) is 1.87. The van der Waals surface area contributed by atoms with E-state index in [1.165, 1.54) is 23.5 Å². The minimum Gasteiger partial charge on any atom is -0.385 e. The van der Waals surface area contributed by atoms with Crippen LogP contribution in [0.2, 0.25) is 5.02 Å². The average Bonchev–Trinajstić information content (AvgIpc) is 2.45. The highest BCUT2D eigenvalue weighted by Gasteiger charge is 2.20. The molecule has 0 unspecified atom stereocenters. The molecule has 0 heterocycles. The van der Waals surface area contributed by atoms with Crippen molar-refractivity contribution in [3.8, 4) is 0 Å². The third kappa shape index (κ3) is 6.74. The van der Waals surface area contributed by atoms with Crippen LogP contribution in [0.5, 0.6) is 0 Å². The monoisotopic (exact) mass is 384 g/mol. The quantitative estimate of drug-likeness (QED) is 0.605. The summed E-state index contributed by atoms with van der Waals surface area (Å²) in [6.07, 6.45) is 1.61. The van der Waals surface area contributed by atoms with Crippen molar-refractivity contribution in [2.24, 2.45) is 0 Å². The Labute approximate surface area is 142 Å². The summed E-state index contributed by atoms with van der Waals surface area (Å²) in [5.74, 6) is 0. The number of rotatable bonds is 10. The van der Waals surface area contributed by atoms with Crippen molar-refractivity contribution in [1.82, 2.24) is 9.03 Å². The molecule has 0 saturated heterocycles. The van der Waals surface area contributed by atoms with Crippen LogP contribution in [-0.4, -0.2) is 60.7 Å². The van der Waals surface area contributed by atoms with E-state index in [1.807, 2.05) is 0 Å². The zero-order valence-corrected chi connectivity index (χ0v) is 15.4. The lowest BCUT2D eigenvalue weighted by Crippen LogP contribution is -2.38. The number of nitrogens with one attached hydrogen (secondary N) is 1. The second-order valence-electron chi connectivity index (χ2n) is 4.84. The molecule has 1 aromatic carbocycles. The lowest BCUT2D eigenvalue weighted by atomic mass is 10.4. The van der Waals surface area contributed by atoms with Crippen molar-refractivity contribution in [1.29, 1.82) is 0 Å². The smallest absolute Gasteiger partial charge is 0.242 e. The van der Waals surface area contributed by atoms with Crippen LogP contribution in [0.1, 0.15) is 6.42 Å². The van der Waals surface area contributed by atoms with Gasteiger partial charge in [0, 0.05) is 33.4 Å². The standard InChI is InChI=1S/C13H21ClN2O5S2/c1-21-11-5-9-16(22(2,17)18)10-8-15-23(19,20)13-7-4-3-6-12(13)14/h3-4,6-7,15H,5,8-11H2,1-2H3. The van der Waals surface area contributed by atoms with Crippen LogP contribution in [0.25, 0.3) is 0 Å². The Morgan fingerprint density at radius 1 is 1.17 bits per heavy atom. The molecule has 0 spiro atoms. The first-order valence-corrected chi connectivity index (χ1v) is 10.6. The van der Waals surface area contributed by atoms with Crippen molar-refractivity contribution < 1.29 is 21.6 Å². The van der Waals surface area contributed by atoms with Gasteiger partial charge in [-0.1, -0.05) is 23.7 Å². The van der Waals surface area contributed by atoms with Gasteiger partial charge in [-0.25, -0.2) is 25.9 Å². The predicted molar refractivity (Wildman–Crippen MR) is 89.6 cm³/mol. The van der Waals surface area contributed by atoms with E-state index in [1.54, 1.807) is 12.1 Å². The number of nitrogens with zero attached hydrogens (tertiary/aromatic N) is 1. The van der Waals surface area contributed by atoms with Gasteiger partial charge >= 0.3 is 0 Å². The van der Waals surface area contributed by atoms with Gasteiger partial charge in [0.05, 0.1) is 11.3 Å². The largest absolute Gasteiger partial charge is 0.385 e. The van der Waals surface area contributed by atoms with E-state index in [0.717, 1.165) is 6.26 Å². The summed E-state index contributed by atoms with van der Waals surface area (Å²) in [6.45, 7) is 0.678. The fourth-order valence-corrected chi connectivity index (χ4v) is 4.30. The maximum atomic E-state index is 12.2. The van der Waals surface area contributed by atoms with Gasteiger partial charge in [-0.15, -0.1) is 0 Å². The summed E-state index contributed by atoms with van der Waals surface area (Å²) < 4.78 is 56.2. The lowest BCUT2D eigenvalue weighted by molar-refractivity contribution is 0.187. The first-order chi connectivity index (χ1) is 10.7. The van der Waals surface area contributed by atoms with Crippen molar-refractivity contribution in [3.05, 3.63) is 29.3 Å². The van der Waals surface area contributed by atoms with Gasteiger partial charge in [0.25, 0.3) is 0 Å². The number of hydrogen-bond acceptors (Lipinski definition) is 5. The van der Waals surface area contributed by atoms with Crippen molar-refractivity contribution in [3.63, 3.8) is 0 Å². The summed E-state index contributed by atoms with van der Waals surface area (Å²) in [4.78, 5) is -0.0352. The molecule has 1 aromatic rings. The molecule has 0 aromatic heterocycles. The summed E-state index contributed by atoms with van der Waals surface area (Å²) >= 11 is 5.87. The lowest BCUT2D eigenvalue weighted by Gasteiger charge is -2.20. The van der Waals surface area contributed by atoms with E-state index in [-0.39, 0.29) is 29.6 Å². The molecular weight excluding hydrogens is 364 g/mol. The number of benzene rings is 1. The summed E-state index contributed by atoms with van der Waals surface area (Å²) in [5.41, 5.74) is 0. The van der Waals surface area contributed by atoms with Gasteiger partial charge < -0.3 is 4.74 Å². The molecule has 0 atom stereocenters. The molecule has 0 bridgehead atoms. The average molecular weight is 385 g/mol. The van der Waals surface area contributed by atoms with Crippen LogP contribution in [0.4, 0.5) is 0 Å². The van der Waals surface area contributed by atoms with Crippen LogP contribution >= 0.6 is 11.6 Å². The number of halogens is 1. The van der Waals surface area contributed by atoms with Crippen molar-refractivity contribution >= 4 is 31.6 Å². The van der Waals surface area contributed by atoms with E-state index < -0.39 is 20.0 Å². The van der Waals surface area contributed by atoms with Crippen LogP contribution in [0.15, 0.2) is 29.2 Å². The van der Waals surface area contributed by atoms with E-state index in [9.17, 15) is 16.8 Å². The van der Waals surface area contributed by atoms with Gasteiger partial charge in [-0.2, -0.15) is 0 Å². The van der Waals surface area contributed by atoms with Crippen molar-refractivity contribution in [2.45, 2.75) is 11.3 Å². The number of hydrogen-bond donors (Lipinski definition) is 1. The van der Waals surface area contributed by atoms with Gasteiger partial charge in [0.1, 0.15) is 4.90 Å². The van der Waals surface area contributed by atoms with Crippen LogP contribution < -0.4 is 4.72 Å². The van der Waals surface area contributed by atoms with Crippen LogP contribution in [0.3, 0.4) is 0 Å². The molecule has 0 fully saturated rings. The second kappa shape index (κ2) is 8.95. The fraction of sp³-hybridized carbons (Fsp3) is 0.538. The Morgan fingerprint density at radius 2 is 1.83 bits per heavy atom. The molecule has 0 aliphatic carbocycles. The maximum Gasteiger partial charge on any atom is 0.242 e. The number of sulfonamides is 2. The molecule has 1 N–H and O–H groups in total. The number of methoxy groups -OCH3 is 1. The molecule has 23 heavy (non-hydrogen) atoms. The minimum atomic E-state index is -3.79. The Bertz CT molecular complexity index is 707. The summed E-state index contributed by atoms with van der Waals surface area (Å²) in [7, 11) is -5.67. The van der Waals surface area contributed by atoms with Crippen molar-refractivity contribution in [2.75, 3.05) is 39.6 Å². The van der Waals surface area contributed by atoms with E-state index >= 15 is 0 Å². The van der Waals surface area contributed by atoms with Gasteiger partial charge in [-0.05, 0) is 18.6 Å². The normalized spacial score (nSPS) is 12.7. The molecule has 132 valence electrons. The highest BCUT2D eigenvalue weighted by Crippen LogP contribution is 2.19. The summed E-state index contributed by atoms with van der Waals surface area (Å²) in [5, 5.41) is 0.111. The maximum absolute atomic E-state index is 12.2. The predicted octanol–water partition coefficient (Wildman–Crippen LogP) is 0.916. The topological polar surface area (TPSA) is 92.8 Å².